The molecular formula is C20H23N3O8S. The predicted octanol–water partition coefficient (Wildman–Crippen LogP) is 2.94. The average Bonchev–Trinajstić information content (AvgIpc) is 3.29. The molecule has 172 valence electrons. The predicted molar refractivity (Wildman–Crippen MR) is 113 cm³/mol. The smallest absolute Gasteiger partial charge is 0.433 e. The molecule has 0 saturated heterocycles. The van der Waals surface area contributed by atoms with Gasteiger partial charge in [-0.15, -0.1) is 0 Å². The van der Waals surface area contributed by atoms with Crippen LogP contribution in [0.15, 0.2) is 45.7 Å². The van der Waals surface area contributed by atoms with Gasteiger partial charge in [-0.3, -0.25) is 14.9 Å². The fraction of sp³-hybridized carbons (Fsp3) is 0.400. The third kappa shape index (κ3) is 5.32. The second kappa shape index (κ2) is 9.92. The van der Waals surface area contributed by atoms with Crippen molar-refractivity contribution in [2.45, 2.75) is 43.0 Å². The Morgan fingerprint density at radius 2 is 1.88 bits per heavy atom. The molecule has 0 aliphatic heterocycles. The lowest BCUT2D eigenvalue weighted by atomic mass is 9.96. The number of esters is 1. The zero-order valence-corrected chi connectivity index (χ0v) is 18.2. The lowest BCUT2D eigenvalue weighted by Crippen LogP contribution is -2.38. The average molecular weight is 465 g/mol. The van der Waals surface area contributed by atoms with Crippen LogP contribution in [0.4, 0.5) is 11.6 Å². The van der Waals surface area contributed by atoms with Gasteiger partial charge in [0, 0.05) is 13.1 Å². The second-order valence-electron chi connectivity index (χ2n) is 7.33. The van der Waals surface area contributed by atoms with Crippen molar-refractivity contribution in [3.63, 3.8) is 0 Å². The van der Waals surface area contributed by atoms with Crippen LogP contribution in [0.2, 0.25) is 0 Å². The minimum atomic E-state index is -3.86. The highest BCUT2D eigenvalue weighted by Gasteiger charge is 2.31. The highest BCUT2D eigenvalue weighted by Crippen LogP contribution is 2.29. The fourth-order valence-corrected chi connectivity index (χ4v) is 5.08. The number of rotatable bonds is 8. The molecule has 1 aromatic heterocycles. The molecule has 1 fully saturated rings. The number of nitro groups is 1. The standard InChI is InChI=1S/C20H23N3O8S/c1-22(14-7-3-2-4-8-14)32(28,29)17-10-6-5-9-15(17)21-18(24)13-30-20(25)16-11-12-19(31-16)23(26)27/h5-6,9-12,14H,2-4,7-8,13H2,1H3,(H,21,24). The monoisotopic (exact) mass is 465 g/mol. The molecule has 0 radical (unpaired) electrons. The number of carbonyl (C=O) groups is 2. The van der Waals surface area contributed by atoms with E-state index in [1.54, 1.807) is 12.1 Å². The Labute approximate surface area is 184 Å². The number of hydrogen-bond acceptors (Lipinski definition) is 8. The van der Waals surface area contributed by atoms with Crippen LogP contribution in [0.1, 0.15) is 42.7 Å². The fourth-order valence-electron chi connectivity index (χ4n) is 3.51. The number of benzene rings is 1. The van der Waals surface area contributed by atoms with Gasteiger partial charge in [0.15, 0.2) is 6.61 Å². The Balaban J connectivity index is 1.66. The van der Waals surface area contributed by atoms with Gasteiger partial charge in [-0.1, -0.05) is 31.4 Å². The third-order valence-corrected chi connectivity index (χ3v) is 7.18. The number of carbonyl (C=O) groups excluding carboxylic acids is 2. The quantitative estimate of drug-likeness (QED) is 0.355. The summed E-state index contributed by atoms with van der Waals surface area (Å²) in [6, 6.07) is 7.91. The van der Waals surface area contributed by atoms with Crippen LogP contribution in [-0.4, -0.2) is 49.2 Å². The van der Waals surface area contributed by atoms with Crippen molar-refractivity contribution in [1.29, 1.82) is 0 Å². The molecule has 2 aromatic rings. The Bertz CT molecular complexity index is 1110. The van der Waals surface area contributed by atoms with E-state index in [1.165, 1.54) is 23.5 Å². The Kier molecular flexibility index (Phi) is 7.26. The van der Waals surface area contributed by atoms with Crippen molar-refractivity contribution in [2.24, 2.45) is 0 Å². The normalized spacial score (nSPS) is 14.8. The van der Waals surface area contributed by atoms with E-state index in [9.17, 15) is 28.1 Å². The minimum absolute atomic E-state index is 0.0600. The van der Waals surface area contributed by atoms with Crippen molar-refractivity contribution in [3.8, 4) is 0 Å². The van der Waals surface area contributed by atoms with Gasteiger partial charge in [-0.25, -0.2) is 13.2 Å². The van der Waals surface area contributed by atoms with E-state index in [0.717, 1.165) is 44.2 Å². The van der Waals surface area contributed by atoms with Crippen LogP contribution in [0, 0.1) is 10.1 Å². The molecule has 0 unspecified atom stereocenters. The van der Waals surface area contributed by atoms with Gasteiger partial charge in [0.05, 0.1) is 11.8 Å². The lowest BCUT2D eigenvalue weighted by Gasteiger charge is -2.30. The maximum Gasteiger partial charge on any atom is 0.433 e. The van der Waals surface area contributed by atoms with Crippen molar-refractivity contribution < 1.29 is 32.1 Å². The second-order valence-corrected chi connectivity index (χ2v) is 9.29. The number of nitrogens with zero attached hydrogens (tertiary/aromatic N) is 2. The highest BCUT2D eigenvalue weighted by molar-refractivity contribution is 7.89. The summed E-state index contributed by atoms with van der Waals surface area (Å²) in [4.78, 5) is 33.9. The molecule has 1 aliphatic carbocycles. The van der Waals surface area contributed by atoms with Crippen LogP contribution in [-0.2, 0) is 19.6 Å². The van der Waals surface area contributed by atoms with E-state index >= 15 is 0 Å². The highest BCUT2D eigenvalue weighted by atomic mass is 32.2. The molecule has 3 rings (SSSR count). The molecule has 0 bridgehead atoms. The van der Waals surface area contributed by atoms with Crippen LogP contribution in [0.25, 0.3) is 0 Å². The maximum atomic E-state index is 13.2. The van der Waals surface area contributed by atoms with Crippen molar-refractivity contribution in [3.05, 3.63) is 52.3 Å². The van der Waals surface area contributed by atoms with Gasteiger partial charge < -0.3 is 14.5 Å². The van der Waals surface area contributed by atoms with Gasteiger partial charge in [-0.2, -0.15) is 4.31 Å². The first kappa shape index (κ1) is 23.4. The first-order chi connectivity index (χ1) is 15.2. The molecule has 1 amide bonds. The van der Waals surface area contributed by atoms with E-state index in [1.807, 2.05) is 0 Å². The number of nitrogens with one attached hydrogen (secondary N) is 1. The molecular weight excluding hydrogens is 442 g/mol. The summed E-state index contributed by atoms with van der Waals surface area (Å²) >= 11 is 0. The summed E-state index contributed by atoms with van der Waals surface area (Å²) < 4.78 is 37.2. The molecule has 11 nitrogen and oxygen atoms in total. The summed E-state index contributed by atoms with van der Waals surface area (Å²) in [6.45, 7) is -0.736. The Morgan fingerprint density at radius 1 is 1.19 bits per heavy atom. The summed E-state index contributed by atoms with van der Waals surface area (Å²) in [6.07, 6.45) is 4.58. The van der Waals surface area contributed by atoms with Crippen molar-refractivity contribution in [1.82, 2.24) is 4.31 Å². The van der Waals surface area contributed by atoms with E-state index in [-0.39, 0.29) is 16.6 Å². The first-order valence-corrected chi connectivity index (χ1v) is 11.4. The molecule has 1 aliphatic rings. The molecule has 1 heterocycles. The third-order valence-electron chi connectivity index (χ3n) is 5.21. The number of hydrogen-bond donors (Lipinski definition) is 1. The first-order valence-electron chi connectivity index (χ1n) is 9.98. The largest absolute Gasteiger partial charge is 0.450 e. The van der Waals surface area contributed by atoms with Gasteiger partial charge in [0.1, 0.15) is 9.82 Å². The molecule has 0 spiro atoms. The minimum Gasteiger partial charge on any atom is -0.450 e. The van der Waals surface area contributed by atoms with Crippen molar-refractivity contribution in [2.75, 3.05) is 19.0 Å². The number of para-hydroxylation sites is 1. The zero-order valence-electron chi connectivity index (χ0n) is 17.4. The van der Waals surface area contributed by atoms with Crippen LogP contribution in [0.3, 0.4) is 0 Å². The number of ether oxygens (including phenoxy) is 1. The summed E-state index contributed by atoms with van der Waals surface area (Å²) in [5.74, 6) is -2.90. The molecule has 1 N–H and O–H groups in total. The van der Waals surface area contributed by atoms with E-state index in [2.05, 4.69) is 5.32 Å². The topological polar surface area (TPSA) is 149 Å². The van der Waals surface area contributed by atoms with Crippen LogP contribution in [0.5, 0.6) is 0 Å². The number of anilines is 1. The van der Waals surface area contributed by atoms with Crippen LogP contribution >= 0.6 is 0 Å². The molecule has 32 heavy (non-hydrogen) atoms. The molecule has 1 saturated carbocycles. The Hall–Kier alpha value is -3.25. The molecule has 12 heteroatoms. The Morgan fingerprint density at radius 3 is 2.53 bits per heavy atom. The SMILES string of the molecule is CN(C1CCCCC1)S(=O)(=O)c1ccccc1NC(=O)COC(=O)c1ccc([N+](=O)[O-])o1. The summed E-state index contributed by atoms with van der Waals surface area (Å²) in [5, 5.41) is 13.1. The van der Waals surface area contributed by atoms with E-state index in [4.69, 9.17) is 9.15 Å². The number of sulfonamides is 1. The number of furan rings is 1. The van der Waals surface area contributed by atoms with Crippen LogP contribution < -0.4 is 5.32 Å². The van der Waals surface area contributed by atoms with Gasteiger partial charge in [0.2, 0.25) is 15.8 Å². The molecule has 0 atom stereocenters. The zero-order chi connectivity index (χ0) is 23.3. The van der Waals surface area contributed by atoms with E-state index in [0.29, 0.717) is 0 Å². The van der Waals surface area contributed by atoms with Gasteiger partial charge in [-0.05, 0) is 31.0 Å². The lowest BCUT2D eigenvalue weighted by molar-refractivity contribution is -0.402. The molecule has 1 aromatic carbocycles. The van der Waals surface area contributed by atoms with Gasteiger partial charge in [0.25, 0.3) is 5.91 Å². The van der Waals surface area contributed by atoms with Gasteiger partial charge >= 0.3 is 11.9 Å². The maximum absolute atomic E-state index is 13.2. The number of amides is 1. The van der Waals surface area contributed by atoms with Crippen molar-refractivity contribution >= 4 is 33.5 Å². The summed E-state index contributed by atoms with van der Waals surface area (Å²) in [5.41, 5.74) is 0.0600. The summed E-state index contributed by atoms with van der Waals surface area (Å²) in [7, 11) is -2.33. The van der Waals surface area contributed by atoms with E-state index < -0.39 is 45.1 Å².